The zero-order valence-corrected chi connectivity index (χ0v) is 22.1. The number of carbonyl (C=O) groups is 1. The molecule has 0 spiro atoms. The van der Waals surface area contributed by atoms with Crippen molar-refractivity contribution in [3.63, 3.8) is 0 Å². The zero-order chi connectivity index (χ0) is 28.8. The Morgan fingerprint density at radius 2 is 2.03 bits per heavy atom. The summed E-state index contributed by atoms with van der Waals surface area (Å²) in [5.41, 5.74) is 4.81. The van der Waals surface area contributed by atoms with E-state index in [2.05, 4.69) is 15.1 Å². The van der Waals surface area contributed by atoms with Crippen LogP contribution < -0.4 is 20.9 Å². The Bertz CT molecular complexity index is 1370. The fraction of sp³-hybridized carbons (Fsp3) is 0.500. The molecule has 3 N–H and O–H groups in total. The lowest BCUT2D eigenvalue weighted by molar-refractivity contribution is -0.147. The Kier molecular flexibility index (Phi) is 9.67. The largest absolute Gasteiger partial charge is 0.463 e. The number of halogens is 1. The van der Waals surface area contributed by atoms with Gasteiger partial charge in [0.05, 0.1) is 19.1 Å². The van der Waals surface area contributed by atoms with Gasteiger partial charge in [0.25, 0.3) is 5.56 Å². The third kappa shape index (κ3) is 7.53. The summed E-state index contributed by atoms with van der Waals surface area (Å²) in [4.78, 5) is 40.1. The van der Waals surface area contributed by atoms with Crippen LogP contribution in [-0.2, 0) is 23.4 Å². The van der Waals surface area contributed by atoms with Gasteiger partial charge in [-0.05, 0) is 38.4 Å². The third-order valence-electron chi connectivity index (χ3n) is 5.33. The van der Waals surface area contributed by atoms with Gasteiger partial charge in [0.1, 0.15) is 11.9 Å². The number of esters is 1. The van der Waals surface area contributed by atoms with E-state index < -0.39 is 61.8 Å². The normalized spacial score (nSPS) is 24.9. The number of nitrogens with zero attached hydrogens (tertiary/aromatic N) is 4. The molecule has 2 unspecified atom stereocenters. The lowest BCUT2D eigenvalue weighted by Crippen LogP contribution is -2.44. The van der Waals surface area contributed by atoms with E-state index in [9.17, 15) is 24.1 Å². The van der Waals surface area contributed by atoms with Gasteiger partial charge >= 0.3 is 19.4 Å². The Hall–Kier alpha value is -3.52. The van der Waals surface area contributed by atoms with E-state index in [-0.39, 0.29) is 18.3 Å². The first kappa shape index (κ1) is 30.0. The predicted molar refractivity (Wildman–Crippen MR) is 133 cm³/mol. The molecule has 39 heavy (non-hydrogen) atoms. The van der Waals surface area contributed by atoms with Crippen LogP contribution in [-0.4, -0.2) is 57.4 Å². The molecule has 1 fully saturated rings. The van der Waals surface area contributed by atoms with Crippen LogP contribution in [0.1, 0.15) is 33.4 Å². The summed E-state index contributed by atoms with van der Waals surface area (Å²) >= 11 is 0. The Balaban J connectivity index is 1.87. The molecular formula is C22H28FN6O9P. The number of benzene rings is 1. The van der Waals surface area contributed by atoms with Gasteiger partial charge in [0.2, 0.25) is 5.72 Å². The summed E-state index contributed by atoms with van der Waals surface area (Å²) in [6, 6.07) is 7.90. The molecular weight excluding hydrogens is 542 g/mol. The fourth-order valence-electron chi connectivity index (χ4n) is 3.66. The number of aromatic amines is 1. The molecule has 6 atom stereocenters. The van der Waals surface area contributed by atoms with Crippen molar-refractivity contribution in [2.45, 2.75) is 63.6 Å². The summed E-state index contributed by atoms with van der Waals surface area (Å²) in [7, 11) is -4.43. The lowest BCUT2D eigenvalue weighted by atomic mass is 10.1. The van der Waals surface area contributed by atoms with Crippen molar-refractivity contribution in [3.8, 4) is 5.75 Å². The van der Waals surface area contributed by atoms with Gasteiger partial charge in [-0.3, -0.25) is 23.7 Å². The van der Waals surface area contributed by atoms with Crippen molar-refractivity contribution >= 4 is 13.7 Å². The standard InChI is InChI=1S/C22H28FN6O9P/c1-13(2)36-17(31)11-14(3)26-39(34,38-15-7-5-4-6-8-15)35-12-22(27-28-24)19(32)18(23)20(37-22)29-10-9-16(30)25-21(29)33/h4-10,13-14,18-20,32H,11-12H2,1-3H3,(H,26,34)(H,25,30,33)/t14?,18-,19-,20+,22+,39?/m0/s1. The number of carbonyl (C=O) groups excluding carboxylic acids is 1. The summed E-state index contributed by atoms with van der Waals surface area (Å²) in [6.45, 7) is 3.83. The molecule has 212 valence electrons. The van der Waals surface area contributed by atoms with Crippen molar-refractivity contribution in [2.24, 2.45) is 5.11 Å². The summed E-state index contributed by atoms with van der Waals surface area (Å²) in [6.07, 6.45) is -6.05. The number of para-hydroxylation sites is 1. The average molecular weight is 570 g/mol. The van der Waals surface area contributed by atoms with Crippen molar-refractivity contribution in [2.75, 3.05) is 6.61 Å². The third-order valence-corrected chi connectivity index (χ3v) is 7.01. The molecule has 2 aromatic rings. The monoisotopic (exact) mass is 570 g/mol. The van der Waals surface area contributed by atoms with Crippen LogP contribution in [0.15, 0.2) is 57.3 Å². The van der Waals surface area contributed by atoms with E-state index in [4.69, 9.17) is 24.1 Å². The number of ether oxygens (including phenoxy) is 2. The summed E-state index contributed by atoms with van der Waals surface area (Å²) in [5, 5.41) is 16.6. The van der Waals surface area contributed by atoms with Crippen LogP contribution in [0.4, 0.5) is 4.39 Å². The number of rotatable bonds is 12. The van der Waals surface area contributed by atoms with Crippen LogP contribution in [0.25, 0.3) is 10.4 Å². The predicted octanol–water partition coefficient (Wildman–Crippen LogP) is 2.29. The SMILES string of the molecule is CC(CC(=O)OC(C)C)NP(=O)(OC[C@@]1(N=[N+]=[N-])O[C@@H](n2ccc(=O)[nH]c2=O)[C@@H](F)[C@@H]1O)Oc1ccccc1. The minimum Gasteiger partial charge on any atom is -0.463 e. The van der Waals surface area contributed by atoms with Crippen LogP contribution >= 0.6 is 7.75 Å². The molecule has 0 aliphatic carbocycles. The minimum absolute atomic E-state index is 0.0945. The molecule has 1 aliphatic heterocycles. The van der Waals surface area contributed by atoms with Crippen LogP contribution in [0.3, 0.4) is 0 Å². The second-order valence-electron chi connectivity index (χ2n) is 8.90. The van der Waals surface area contributed by atoms with Gasteiger partial charge in [-0.15, -0.1) is 0 Å². The number of aliphatic hydroxyl groups is 1. The zero-order valence-electron chi connectivity index (χ0n) is 21.2. The van der Waals surface area contributed by atoms with Crippen molar-refractivity contribution in [3.05, 3.63) is 73.9 Å². The Labute approximate surface area is 221 Å². The molecule has 1 aromatic carbocycles. The van der Waals surface area contributed by atoms with Crippen molar-refractivity contribution in [1.82, 2.24) is 14.6 Å². The number of hydrogen-bond acceptors (Lipinski definition) is 10. The van der Waals surface area contributed by atoms with Crippen molar-refractivity contribution in [1.29, 1.82) is 0 Å². The highest BCUT2D eigenvalue weighted by Crippen LogP contribution is 2.48. The summed E-state index contributed by atoms with van der Waals surface area (Å²) in [5.74, 6) is -0.497. The van der Waals surface area contributed by atoms with Gasteiger partial charge in [-0.1, -0.05) is 23.3 Å². The van der Waals surface area contributed by atoms with E-state index >= 15 is 4.39 Å². The lowest BCUT2D eigenvalue weighted by Gasteiger charge is -2.29. The van der Waals surface area contributed by atoms with E-state index in [1.165, 1.54) is 19.1 Å². The topological polar surface area (TPSA) is 207 Å². The first-order valence-electron chi connectivity index (χ1n) is 11.7. The molecule has 1 aromatic heterocycles. The second-order valence-corrected chi connectivity index (χ2v) is 10.6. The van der Waals surface area contributed by atoms with Gasteiger partial charge in [0, 0.05) is 23.2 Å². The number of alkyl halides is 1. The number of H-pyrrole nitrogens is 1. The highest BCUT2D eigenvalue weighted by Gasteiger charge is 2.57. The van der Waals surface area contributed by atoms with Gasteiger partial charge in [-0.25, -0.2) is 18.8 Å². The molecule has 2 heterocycles. The fourth-order valence-corrected chi connectivity index (χ4v) is 5.22. The Morgan fingerprint density at radius 3 is 2.64 bits per heavy atom. The molecule has 15 nitrogen and oxygen atoms in total. The first-order chi connectivity index (χ1) is 18.4. The number of nitrogens with one attached hydrogen (secondary N) is 2. The Morgan fingerprint density at radius 1 is 1.33 bits per heavy atom. The molecule has 1 saturated heterocycles. The van der Waals surface area contributed by atoms with E-state index in [0.29, 0.717) is 4.57 Å². The maximum Gasteiger partial charge on any atom is 0.459 e. The maximum atomic E-state index is 15.2. The molecule has 0 saturated carbocycles. The average Bonchev–Trinajstić information content (AvgIpc) is 3.08. The molecule has 3 rings (SSSR count). The van der Waals surface area contributed by atoms with Crippen LogP contribution in [0.2, 0.25) is 0 Å². The quantitative estimate of drug-likeness (QED) is 0.111. The van der Waals surface area contributed by atoms with E-state index in [1.807, 2.05) is 4.98 Å². The smallest absolute Gasteiger partial charge is 0.459 e. The molecule has 1 aliphatic rings. The van der Waals surface area contributed by atoms with E-state index in [0.717, 1.165) is 12.3 Å². The van der Waals surface area contributed by atoms with Gasteiger partial charge in [0.15, 0.2) is 12.4 Å². The highest BCUT2D eigenvalue weighted by atomic mass is 31.2. The van der Waals surface area contributed by atoms with Gasteiger partial charge in [-0.2, -0.15) is 0 Å². The van der Waals surface area contributed by atoms with Crippen LogP contribution in [0, 0.1) is 0 Å². The minimum atomic E-state index is -4.43. The summed E-state index contributed by atoms with van der Waals surface area (Å²) < 4.78 is 51.1. The highest BCUT2D eigenvalue weighted by molar-refractivity contribution is 7.52. The molecule has 0 amide bonds. The number of azide groups is 1. The van der Waals surface area contributed by atoms with Gasteiger partial charge < -0.3 is 19.1 Å². The first-order valence-corrected chi connectivity index (χ1v) is 13.3. The van der Waals surface area contributed by atoms with E-state index in [1.54, 1.807) is 32.0 Å². The maximum absolute atomic E-state index is 15.2. The van der Waals surface area contributed by atoms with Crippen molar-refractivity contribution < 1.29 is 37.4 Å². The number of hydrogen-bond donors (Lipinski definition) is 3. The number of aromatic nitrogens is 2. The number of aliphatic hydroxyl groups excluding tert-OH is 1. The van der Waals surface area contributed by atoms with Crippen LogP contribution in [0.5, 0.6) is 5.75 Å². The molecule has 17 heteroatoms. The second kappa shape index (κ2) is 12.6. The molecule has 0 bridgehead atoms. The molecule has 0 radical (unpaired) electrons.